The smallest absolute Gasteiger partial charge is 0.343 e. The summed E-state index contributed by atoms with van der Waals surface area (Å²) in [6, 6.07) is 21.0. The first-order chi connectivity index (χ1) is 15.4. The minimum atomic E-state index is -0.441. The molecular formula is C25H18ClNO4S. The number of hydrogen-bond acceptors (Lipinski definition) is 5. The third-order valence-electron chi connectivity index (χ3n) is 4.75. The lowest BCUT2D eigenvalue weighted by Crippen LogP contribution is -2.27. The van der Waals surface area contributed by atoms with Crippen molar-refractivity contribution in [1.82, 2.24) is 4.90 Å². The fraction of sp³-hybridized carbons (Fsp3) is 0.0800. The number of rotatable bonds is 5. The van der Waals surface area contributed by atoms with Gasteiger partial charge < -0.3 is 4.74 Å². The largest absolute Gasteiger partial charge is 0.423 e. The van der Waals surface area contributed by atoms with Crippen LogP contribution >= 0.6 is 23.4 Å². The highest BCUT2D eigenvalue weighted by atomic mass is 35.5. The van der Waals surface area contributed by atoms with Crippen LogP contribution in [0, 0.1) is 6.92 Å². The number of thioether (sulfide) groups is 1. The molecule has 0 saturated carbocycles. The van der Waals surface area contributed by atoms with Gasteiger partial charge in [0, 0.05) is 5.02 Å². The van der Waals surface area contributed by atoms with Crippen LogP contribution in [-0.4, -0.2) is 22.0 Å². The van der Waals surface area contributed by atoms with Gasteiger partial charge in [0.25, 0.3) is 11.1 Å². The van der Waals surface area contributed by atoms with Crippen molar-refractivity contribution in [3.8, 4) is 5.75 Å². The summed E-state index contributed by atoms with van der Waals surface area (Å²) in [6.07, 6.45) is 1.65. The molecular weight excluding hydrogens is 446 g/mol. The molecule has 1 heterocycles. The summed E-state index contributed by atoms with van der Waals surface area (Å²) in [4.78, 5) is 38.9. The SMILES string of the molecule is Cc1cccc(C(=O)Oc2ccc(/C=C3\SC(=O)N(Cc4cccc(Cl)c4)C3=O)cc2)c1. The Kier molecular flexibility index (Phi) is 6.44. The summed E-state index contributed by atoms with van der Waals surface area (Å²) < 4.78 is 5.41. The molecule has 0 unspecified atom stereocenters. The normalized spacial score (nSPS) is 14.8. The van der Waals surface area contributed by atoms with Gasteiger partial charge in [0.2, 0.25) is 0 Å². The van der Waals surface area contributed by atoms with Crippen molar-refractivity contribution in [3.05, 3.63) is 105 Å². The molecule has 1 aliphatic heterocycles. The lowest BCUT2D eigenvalue weighted by Gasteiger charge is -2.12. The quantitative estimate of drug-likeness (QED) is 0.260. The summed E-state index contributed by atoms with van der Waals surface area (Å²) in [5.41, 5.74) is 2.94. The Morgan fingerprint density at radius 3 is 2.50 bits per heavy atom. The number of aryl methyl sites for hydroxylation is 1. The number of carbonyl (C=O) groups excluding carboxylic acids is 3. The Bertz CT molecular complexity index is 1240. The number of amides is 2. The zero-order valence-electron chi connectivity index (χ0n) is 17.1. The van der Waals surface area contributed by atoms with Crippen molar-refractivity contribution >= 4 is 46.6 Å². The van der Waals surface area contributed by atoms with Gasteiger partial charge in [-0.3, -0.25) is 14.5 Å². The summed E-state index contributed by atoms with van der Waals surface area (Å²) >= 11 is 6.88. The highest BCUT2D eigenvalue weighted by Gasteiger charge is 2.35. The zero-order valence-corrected chi connectivity index (χ0v) is 18.7. The summed E-state index contributed by atoms with van der Waals surface area (Å²) in [6.45, 7) is 2.07. The van der Waals surface area contributed by atoms with E-state index in [1.807, 2.05) is 19.1 Å². The van der Waals surface area contributed by atoms with Crippen molar-refractivity contribution in [3.63, 3.8) is 0 Å². The first-order valence-corrected chi connectivity index (χ1v) is 11.0. The summed E-state index contributed by atoms with van der Waals surface area (Å²) in [7, 11) is 0. The number of halogens is 1. The Balaban J connectivity index is 1.44. The van der Waals surface area contributed by atoms with Crippen molar-refractivity contribution in [2.75, 3.05) is 0 Å². The van der Waals surface area contributed by atoms with Gasteiger partial charge in [-0.05, 0) is 72.3 Å². The predicted octanol–water partition coefficient (Wildman–Crippen LogP) is 6.10. The highest BCUT2D eigenvalue weighted by molar-refractivity contribution is 8.18. The second-order valence-corrected chi connectivity index (χ2v) is 8.66. The maximum Gasteiger partial charge on any atom is 0.343 e. The fourth-order valence-electron chi connectivity index (χ4n) is 3.18. The van der Waals surface area contributed by atoms with Gasteiger partial charge in [-0.2, -0.15) is 0 Å². The van der Waals surface area contributed by atoms with Crippen molar-refractivity contribution in [2.45, 2.75) is 13.5 Å². The van der Waals surface area contributed by atoms with Crippen LogP contribution in [0.5, 0.6) is 5.75 Å². The van der Waals surface area contributed by atoms with E-state index in [4.69, 9.17) is 16.3 Å². The molecule has 4 rings (SSSR count). The average Bonchev–Trinajstić information content (AvgIpc) is 3.02. The molecule has 3 aromatic rings. The van der Waals surface area contributed by atoms with Crippen LogP contribution in [-0.2, 0) is 11.3 Å². The van der Waals surface area contributed by atoms with E-state index < -0.39 is 5.97 Å². The number of imide groups is 1. The number of carbonyl (C=O) groups is 3. The first-order valence-electron chi connectivity index (χ1n) is 9.78. The molecule has 1 aliphatic rings. The topological polar surface area (TPSA) is 63.7 Å². The van der Waals surface area contributed by atoms with E-state index >= 15 is 0 Å². The van der Waals surface area contributed by atoms with Crippen molar-refractivity contribution < 1.29 is 19.1 Å². The van der Waals surface area contributed by atoms with Gasteiger partial charge in [0.15, 0.2) is 0 Å². The maximum atomic E-state index is 12.7. The molecule has 0 N–H and O–H groups in total. The standard InChI is InChI=1S/C25H18ClNO4S/c1-16-4-2-6-19(12-16)24(29)31-21-10-8-17(9-11-21)14-22-23(28)27(25(30)32-22)15-18-5-3-7-20(26)13-18/h2-14H,15H2,1H3/b22-14-. The third kappa shape index (κ3) is 5.10. The van der Waals surface area contributed by atoms with E-state index in [0.29, 0.717) is 26.8 Å². The Hall–Kier alpha value is -3.35. The Labute approximate surface area is 194 Å². The minimum absolute atomic E-state index is 0.163. The van der Waals surface area contributed by atoms with Crippen molar-refractivity contribution in [2.24, 2.45) is 0 Å². The van der Waals surface area contributed by atoms with Gasteiger partial charge in [0.05, 0.1) is 17.0 Å². The molecule has 0 bridgehead atoms. The molecule has 7 heteroatoms. The van der Waals surface area contributed by atoms with Crippen LogP contribution < -0.4 is 4.74 Å². The lowest BCUT2D eigenvalue weighted by molar-refractivity contribution is -0.123. The van der Waals surface area contributed by atoms with E-state index in [0.717, 1.165) is 22.9 Å². The number of nitrogens with zero attached hydrogens (tertiary/aromatic N) is 1. The molecule has 1 saturated heterocycles. The molecule has 32 heavy (non-hydrogen) atoms. The third-order valence-corrected chi connectivity index (χ3v) is 5.89. The van der Waals surface area contributed by atoms with Gasteiger partial charge in [-0.25, -0.2) is 4.79 Å². The van der Waals surface area contributed by atoms with Crippen LogP contribution in [0.2, 0.25) is 5.02 Å². The minimum Gasteiger partial charge on any atom is -0.423 e. The molecule has 5 nitrogen and oxygen atoms in total. The van der Waals surface area contributed by atoms with E-state index in [9.17, 15) is 14.4 Å². The van der Waals surface area contributed by atoms with Crippen LogP contribution in [0.15, 0.2) is 77.7 Å². The second kappa shape index (κ2) is 9.42. The summed E-state index contributed by atoms with van der Waals surface area (Å²) in [5, 5.41) is 0.220. The Morgan fingerprint density at radius 1 is 1.03 bits per heavy atom. The monoisotopic (exact) mass is 463 g/mol. The van der Waals surface area contributed by atoms with Crippen LogP contribution in [0.1, 0.15) is 27.0 Å². The molecule has 0 aliphatic carbocycles. The van der Waals surface area contributed by atoms with Crippen LogP contribution in [0.25, 0.3) is 6.08 Å². The molecule has 0 radical (unpaired) electrons. The summed E-state index contributed by atoms with van der Waals surface area (Å²) in [5.74, 6) is -0.402. The predicted molar refractivity (Wildman–Crippen MR) is 126 cm³/mol. The van der Waals surface area contributed by atoms with Crippen LogP contribution in [0.3, 0.4) is 0 Å². The number of esters is 1. The fourth-order valence-corrected chi connectivity index (χ4v) is 4.23. The lowest BCUT2D eigenvalue weighted by atomic mass is 10.1. The van der Waals surface area contributed by atoms with E-state index in [-0.39, 0.29) is 17.7 Å². The van der Waals surface area contributed by atoms with Gasteiger partial charge in [-0.15, -0.1) is 0 Å². The van der Waals surface area contributed by atoms with Gasteiger partial charge in [-0.1, -0.05) is 53.6 Å². The molecule has 0 atom stereocenters. The van der Waals surface area contributed by atoms with E-state index in [1.54, 1.807) is 66.7 Å². The molecule has 3 aromatic carbocycles. The number of hydrogen-bond donors (Lipinski definition) is 0. The average molecular weight is 464 g/mol. The van der Waals surface area contributed by atoms with Crippen molar-refractivity contribution in [1.29, 1.82) is 0 Å². The molecule has 0 spiro atoms. The number of benzene rings is 3. The molecule has 1 fully saturated rings. The second-order valence-electron chi connectivity index (χ2n) is 7.23. The number of ether oxygens (including phenoxy) is 1. The molecule has 160 valence electrons. The van der Waals surface area contributed by atoms with E-state index in [1.165, 1.54) is 4.90 Å². The zero-order chi connectivity index (χ0) is 22.7. The van der Waals surface area contributed by atoms with Gasteiger partial charge >= 0.3 is 5.97 Å². The maximum absolute atomic E-state index is 12.7. The van der Waals surface area contributed by atoms with Gasteiger partial charge in [0.1, 0.15) is 5.75 Å². The highest BCUT2D eigenvalue weighted by Crippen LogP contribution is 2.33. The first kappa shape index (κ1) is 21.9. The van der Waals surface area contributed by atoms with Crippen LogP contribution in [0.4, 0.5) is 4.79 Å². The Morgan fingerprint density at radius 2 is 1.78 bits per heavy atom. The molecule has 0 aromatic heterocycles. The van der Waals surface area contributed by atoms with E-state index in [2.05, 4.69) is 0 Å². The molecule has 2 amide bonds.